The quantitative estimate of drug-likeness (QED) is 0.831. The lowest BCUT2D eigenvalue weighted by molar-refractivity contribution is 0.0433. The van der Waals surface area contributed by atoms with Crippen LogP contribution in [-0.2, 0) is 4.74 Å². The molecule has 18 heavy (non-hydrogen) atoms. The number of rotatable bonds is 3. The van der Waals surface area contributed by atoms with Crippen LogP contribution >= 0.6 is 0 Å². The normalized spacial score (nSPS) is 23.8. The summed E-state index contributed by atoms with van der Waals surface area (Å²) in [5.74, 6) is 0.176. The van der Waals surface area contributed by atoms with Crippen LogP contribution in [0.5, 0.6) is 0 Å². The van der Waals surface area contributed by atoms with Gasteiger partial charge in [-0.25, -0.2) is 4.79 Å². The molecule has 1 atom stereocenters. The molecule has 2 fully saturated rings. The zero-order valence-electron chi connectivity index (χ0n) is 10.2. The second kappa shape index (κ2) is 4.16. The highest BCUT2D eigenvalue weighted by Gasteiger charge is 2.48. The van der Waals surface area contributed by atoms with Crippen LogP contribution in [0.25, 0.3) is 0 Å². The molecule has 0 aliphatic heterocycles. The van der Waals surface area contributed by atoms with Gasteiger partial charge in [-0.3, -0.25) is 0 Å². The fourth-order valence-electron chi connectivity index (χ4n) is 2.95. The van der Waals surface area contributed by atoms with Crippen molar-refractivity contribution in [2.45, 2.75) is 32.1 Å². The number of H-pyrrole nitrogens is 1. The molecule has 1 aromatic heterocycles. The monoisotopic (exact) mass is 244 g/mol. The standard InChI is InChI=1S/C14H16N2O2/c15-8-11-1-2-12(16-11)13(17)18-9-10-3-4-14(7-10)5-6-14/h1-2,10,16H,3-7,9H2. The number of esters is 1. The van der Waals surface area contributed by atoms with Crippen molar-refractivity contribution in [1.29, 1.82) is 5.26 Å². The molecule has 0 bridgehead atoms. The lowest BCUT2D eigenvalue weighted by atomic mass is 10.0. The van der Waals surface area contributed by atoms with Gasteiger partial charge >= 0.3 is 5.97 Å². The Morgan fingerprint density at radius 2 is 2.33 bits per heavy atom. The van der Waals surface area contributed by atoms with Crippen molar-refractivity contribution in [3.05, 3.63) is 23.5 Å². The predicted octanol–water partition coefficient (Wildman–Crippen LogP) is 2.62. The summed E-state index contributed by atoms with van der Waals surface area (Å²) in [7, 11) is 0. The molecule has 1 N–H and O–H groups in total. The molecule has 0 amide bonds. The molecule has 1 heterocycles. The van der Waals surface area contributed by atoms with Crippen LogP contribution in [0.3, 0.4) is 0 Å². The molecule has 1 unspecified atom stereocenters. The molecule has 3 rings (SSSR count). The SMILES string of the molecule is N#Cc1ccc(C(=O)OCC2CCC3(CC3)C2)[nH]1. The number of carbonyl (C=O) groups is 1. The van der Waals surface area contributed by atoms with Gasteiger partial charge in [0.1, 0.15) is 17.5 Å². The van der Waals surface area contributed by atoms with Crippen molar-refractivity contribution in [2.24, 2.45) is 11.3 Å². The van der Waals surface area contributed by atoms with Gasteiger partial charge in [-0.2, -0.15) is 5.26 Å². The van der Waals surface area contributed by atoms with Crippen LogP contribution in [0, 0.1) is 22.7 Å². The lowest BCUT2D eigenvalue weighted by Crippen LogP contribution is -2.13. The van der Waals surface area contributed by atoms with E-state index in [1.807, 2.05) is 6.07 Å². The molecule has 0 saturated heterocycles. The highest BCUT2D eigenvalue weighted by molar-refractivity contribution is 5.87. The number of nitriles is 1. The van der Waals surface area contributed by atoms with Gasteiger partial charge in [-0.1, -0.05) is 0 Å². The van der Waals surface area contributed by atoms with Gasteiger partial charge in [0.2, 0.25) is 0 Å². The Morgan fingerprint density at radius 3 is 2.94 bits per heavy atom. The first-order valence-electron chi connectivity index (χ1n) is 6.47. The first-order valence-corrected chi connectivity index (χ1v) is 6.47. The molecule has 4 nitrogen and oxygen atoms in total. The van der Waals surface area contributed by atoms with E-state index in [0.717, 1.165) is 0 Å². The molecule has 0 aromatic carbocycles. The van der Waals surface area contributed by atoms with Gasteiger partial charge in [0.25, 0.3) is 0 Å². The number of carbonyl (C=O) groups excluding carboxylic acids is 1. The topological polar surface area (TPSA) is 65.9 Å². The van der Waals surface area contributed by atoms with E-state index >= 15 is 0 Å². The first kappa shape index (κ1) is 11.3. The molecule has 1 aromatic rings. The van der Waals surface area contributed by atoms with Gasteiger partial charge in [0.15, 0.2) is 0 Å². The maximum atomic E-state index is 11.7. The molecule has 1 spiro atoms. The average molecular weight is 244 g/mol. The third-order valence-electron chi connectivity index (χ3n) is 4.24. The Kier molecular flexibility index (Phi) is 2.62. The summed E-state index contributed by atoms with van der Waals surface area (Å²) in [6.45, 7) is 0.515. The minimum absolute atomic E-state index is 0.353. The van der Waals surface area contributed by atoms with Crippen LogP contribution in [0.1, 0.15) is 48.3 Å². The van der Waals surface area contributed by atoms with E-state index in [2.05, 4.69) is 4.98 Å². The van der Waals surface area contributed by atoms with Crippen LogP contribution in [-0.4, -0.2) is 17.6 Å². The minimum atomic E-state index is -0.353. The van der Waals surface area contributed by atoms with Crippen LogP contribution < -0.4 is 0 Å². The summed E-state index contributed by atoms with van der Waals surface area (Å²) in [5, 5.41) is 8.67. The van der Waals surface area contributed by atoms with Crippen LogP contribution in [0.15, 0.2) is 12.1 Å². The van der Waals surface area contributed by atoms with Crippen molar-refractivity contribution in [1.82, 2.24) is 4.98 Å². The van der Waals surface area contributed by atoms with Gasteiger partial charge in [0.05, 0.1) is 6.61 Å². The molecular weight excluding hydrogens is 228 g/mol. The lowest BCUT2D eigenvalue weighted by Gasteiger charge is -2.10. The van der Waals surface area contributed by atoms with Crippen molar-refractivity contribution < 1.29 is 9.53 Å². The fourth-order valence-corrected chi connectivity index (χ4v) is 2.95. The molecule has 4 heteroatoms. The fraction of sp³-hybridized carbons (Fsp3) is 0.571. The summed E-state index contributed by atoms with van der Waals surface area (Å²) in [6.07, 6.45) is 6.42. The summed E-state index contributed by atoms with van der Waals surface area (Å²) in [6, 6.07) is 5.14. The van der Waals surface area contributed by atoms with E-state index in [1.54, 1.807) is 12.1 Å². The maximum absolute atomic E-state index is 11.7. The number of nitrogens with one attached hydrogen (secondary N) is 1. The van der Waals surface area contributed by atoms with Gasteiger partial charge in [0, 0.05) is 0 Å². The summed E-state index contributed by atoms with van der Waals surface area (Å²) >= 11 is 0. The Bertz CT molecular complexity index is 508. The zero-order chi connectivity index (χ0) is 12.6. The third-order valence-corrected chi connectivity index (χ3v) is 4.24. The number of aromatic amines is 1. The molecule has 2 saturated carbocycles. The van der Waals surface area contributed by atoms with Crippen LogP contribution in [0.2, 0.25) is 0 Å². The number of hydrogen-bond donors (Lipinski definition) is 1. The Morgan fingerprint density at radius 1 is 1.50 bits per heavy atom. The third kappa shape index (κ3) is 2.13. The van der Waals surface area contributed by atoms with Crippen molar-refractivity contribution in [2.75, 3.05) is 6.61 Å². The predicted molar refractivity (Wildman–Crippen MR) is 64.8 cm³/mol. The second-order valence-corrected chi connectivity index (χ2v) is 5.60. The summed E-state index contributed by atoms with van der Waals surface area (Å²) < 4.78 is 5.31. The molecule has 0 radical (unpaired) electrons. The highest BCUT2D eigenvalue weighted by atomic mass is 16.5. The average Bonchev–Trinajstić information content (AvgIpc) is 2.80. The Balaban J connectivity index is 1.51. The molecular formula is C14H16N2O2. The van der Waals surface area contributed by atoms with Crippen molar-refractivity contribution in [3.8, 4) is 6.07 Å². The number of hydrogen-bond acceptors (Lipinski definition) is 3. The van der Waals surface area contributed by atoms with Gasteiger partial charge in [-0.15, -0.1) is 0 Å². The second-order valence-electron chi connectivity index (χ2n) is 5.60. The van der Waals surface area contributed by atoms with Crippen LogP contribution in [0.4, 0.5) is 0 Å². The van der Waals surface area contributed by atoms with E-state index in [0.29, 0.717) is 29.3 Å². The minimum Gasteiger partial charge on any atom is -0.461 e. The van der Waals surface area contributed by atoms with E-state index < -0.39 is 0 Å². The maximum Gasteiger partial charge on any atom is 0.354 e. The first-order chi connectivity index (χ1) is 8.71. The van der Waals surface area contributed by atoms with E-state index in [1.165, 1.54) is 32.1 Å². The zero-order valence-corrected chi connectivity index (χ0v) is 10.2. The molecule has 2 aliphatic rings. The smallest absolute Gasteiger partial charge is 0.354 e. The van der Waals surface area contributed by atoms with E-state index in [9.17, 15) is 4.79 Å². The number of ether oxygens (including phenoxy) is 1. The highest BCUT2D eigenvalue weighted by Crippen LogP contribution is 2.59. The summed E-state index contributed by atoms with van der Waals surface area (Å²) in [5.41, 5.74) is 1.38. The summed E-state index contributed by atoms with van der Waals surface area (Å²) in [4.78, 5) is 14.5. The van der Waals surface area contributed by atoms with Gasteiger partial charge < -0.3 is 9.72 Å². The largest absolute Gasteiger partial charge is 0.461 e. The van der Waals surface area contributed by atoms with Gasteiger partial charge in [-0.05, 0) is 55.6 Å². The molecule has 94 valence electrons. The number of nitrogens with zero attached hydrogens (tertiary/aromatic N) is 1. The number of aromatic nitrogens is 1. The van der Waals surface area contributed by atoms with Crippen molar-refractivity contribution in [3.63, 3.8) is 0 Å². The van der Waals surface area contributed by atoms with E-state index in [4.69, 9.17) is 10.00 Å². The Hall–Kier alpha value is -1.76. The van der Waals surface area contributed by atoms with Crippen molar-refractivity contribution >= 4 is 5.97 Å². The van der Waals surface area contributed by atoms with E-state index in [-0.39, 0.29) is 5.97 Å². The molecule has 2 aliphatic carbocycles. The Labute approximate surface area is 106 Å².